The first-order chi connectivity index (χ1) is 27.4. The monoisotopic (exact) mass is 774 g/mol. The van der Waals surface area contributed by atoms with E-state index in [0.717, 1.165) is 76.2 Å². The first kappa shape index (κ1) is 50.0. The molecule has 56 heavy (non-hydrogen) atoms. The molecule has 0 amide bonds. The van der Waals surface area contributed by atoms with Crippen LogP contribution in [0.15, 0.2) is 79.0 Å². The van der Waals surface area contributed by atoms with Gasteiger partial charge in [0.05, 0.1) is 0 Å². The molecule has 1 rings (SSSR count). The Morgan fingerprint density at radius 1 is 0.571 bits per heavy atom. The van der Waals surface area contributed by atoms with Gasteiger partial charge in [-0.3, -0.25) is 9.59 Å². The Labute approximate surface area is 341 Å². The summed E-state index contributed by atoms with van der Waals surface area (Å²) in [6.07, 6.45) is 41.7. The van der Waals surface area contributed by atoms with E-state index in [1.807, 2.05) is 38.4 Å². The fraction of sp³-hybridized carbons (Fsp3) is 0.592. The van der Waals surface area contributed by atoms with Crippen LogP contribution in [0.2, 0.25) is 0 Å². The van der Waals surface area contributed by atoms with Crippen LogP contribution in [-0.4, -0.2) is 57.4 Å². The van der Waals surface area contributed by atoms with Gasteiger partial charge in [0.25, 0.3) is 0 Å². The number of ether oxygens (including phenoxy) is 4. The second-order valence-corrected chi connectivity index (χ2v) is 14.2. The smallest absolute Gasteiger partial charge is 0.306 e. The fourth-order valence-electron chi connectivity index (χ4n) is 5.59. The summed E-state index contributed by atoms with van der Waals surface area (Å²) in [5, 5.41) is 0. The molecular formula is C49H75NO6. The van der Waals surface area contributed by atoms with Gasteiger partial charge in [0.15, 0.2) is 0 Å². The third-order valence-electron chi connectivity index (χ3n) is 8.54. The van der Waals surface area contributed by atoms with Gasteiger partial charge in [0, 0.05) is 38.3 Å². The summed E-state index contributed by atoms with van der Waals surface area (Å²) >= 11 is 0. The lowest BCUT2D eigenvalue weighted by Crippen LogP contribution is -2.14. The summed E-state index contributed by atoms with van der Waals surface area (Å²) in [5.41, 5.74) is 1.03. The molecule has 0 radical (unpaired) electrons. The van der Waals surface area contributed by atoms with Gasteiger partial charge < -0.3 is 23.8 Å². The van der Waals surface area contributed by atoms with Gasteiger partial charge in [-0.1, -0.05) is 113 Å². The SMILES string of the molecule is CC/C=C/C/C=C\CC#CCCC/C=C/CCC(=O)OCCOc1cc(CN(C)C)cc(OCCOC(=O)CCCCCCC/C=C\C/C=C\CCCCC)c1. The molecule has 0 spiro atoms. The van der Waals surface area contributed by atoms with Crippen LogP contribution < -0.4 is 9.47 Å². The van der Waals surface area contributed by atoms with Crippen LogP contribution in [0.1, 0.15) is 148 Å². The second-order valence-electron chi connectivity index (χ2n) is 14.2. The average molecular weight is 774 g/mol. The molecule has 0 unspecified atom stereocenters. The zero-order chi connectivity index (χ0) is 40.6. The van der Waals surface area contributed by atoms with Crippen molar-refractivity contribution >= 4 is 11.9 Å². The van der Waals surface area contributed by atoms with Crippen molar-refractivity contribution in [2.45, 2.75) is 149 Å². The molecule has 1 aromatic carbocycles. The molecule has 0 fully saturated rings. The van der Waals surface area contributed by atoms with Gasteiger partial charge in [-0.15, -0.1) is 5.92 Å². The summed E-state index contributed by atoms with van der Waals surface area (Å²) in [4.78, 5) is 26.5. The van der Waals surface area contributed by atoms with Gasteiger partial charge in [-0.25, -0.2) is 0 Å². The van der Waals surface area contributed by atoms with Crippen molar-refractivity contribution in [3.8, 4) is 23.3 Å². The van der Waals surface area contributed by atoms with E-state index >= 15 is 0 Å². The topological polar surface area (TPSA) is 74.3 Å². The number of benzene rings is 1. The normalized spacial score (nSPS) is 11.7. The maximum atomic E-state index is 12.2. The zero-order valence-corrected chi connectivity index (χ0v) is 35.6. The van der Waals surface area contributed by atoms with Crippen molar-refractivity contribution in [3.05, 3.63) is 84.5 Å². The molecule has 7 nitrogen and oxygen atoms in total. The molecule has 312 valence electrons. The van der Waals surface area contributed by atoms with E-state index < -0.39 is 0 Å². The number of carbonyl (C=O) groups excluding carboxylic acids is 2. The predicted molar refractivity (Wildman–Crippen MR) is 234 cm³/mol. The van der Waals surface area contributed by atoms with E-state index in [2.05, 4.69) is 85.3 Å². The van der Waals surface area contributed by atoms with Gasteiger partial charge in [-0.05, 0) is 102 Å². The molecule has 1 aromatic rings. The quantitative estimate of drug-likeness (QED) is 0.0299. The lowest BCUT2D eigenvalue weighted by molar-refractivity contribution is -0.145. The third-order valence-corrected chi connectivity index (χ3v) is 8.54. The van der Waals surface area contributed by atoms with Gasteiger partial charge in [0.1, 0.15) is 37.9 Å². The maximum absolute atomic E-state index is 12.2. The summed E-state index contributed by atoms with van der Waals surface area (Å²) in [6.45, 7) is 5.95. The highest BCUT2D eigenvalue weighted by Gasteiger charge is 2.08. The molecule has 0 saturated carbocycles. The Morgan fingerprint density at radius 3 is 1.79 bits per heavy atom. The minimum absolute atomic E-state index is 0.171. The molecule has 0 aromatic heterocycles. The van der Waals surface area contributed by atoms with Crippen molar-refractivity contribution < 1.29 is 28.5 Å². The third kappa shape index (κ3) is 33.3. The number of esters is 2. The number of hydrogen-bond acceptors (Lipinski definition) is 7. The minimum Gasteiger partial charge on any atom is -0.490 e. The fourth-order valence-corrected chi connectivity index (χ4v) is 5.59. The molecule has 0 saturated heterocycles. The Balaban J connectivity index is 2.20. The average Bonchev–Trinajstić information content (AvgIpc) is 3.18. The van der Waals surface area contributed by atoms with E-state index in [0.29, 0.717) is 37.3 Å². The van der Waals surface area contributed by atoms with Gasteiger partial charge >= 0.3 is 11.9 Å². The van der Waals surface area contributed by atoms with Gasteiger partial charge in [-0.2, -0.15) is 0 Å². The lowest BCUT2D eigenvalue weighted by atomic mass is 10.1. The molecule has 0 heterocycles. The maximum Gasteiger partial charge on any atom is 0.306 e. The van der Waals surface area contributed by atoms with Crippen molar-refractivity contribution in [1.82, 2.24) is 4.90 Å². The number of carbonyl (C=O) groups is 2. The highest BCUT2D eigenvalue weighted by Crippen LogP contribution is 2.24. The van der Waals surface area contributed by atoms with E-state index in [1.54, 1.807) is 0 Å². The Morgan fingerprint density at radius 2 is 1.12 bits per heavy atom. The van der Waals surface area contributed by atoms with Crippen molar-refractivity contribution in [2.24, 2.45) is 0 Å². The van der Waals surface area contributed by atoms with Crippen LogP contribution in [0, 0.1) is 11.8 Å². The van der Waals surface area contributed by atoms with E-state index in [-0.39, 0.29) is 38.4 Å². The van der Waals surface area contributed by atoms with Crippen LogP contribution in [0.5, 0.6) is 11.5 Å². The predicted octanol–water partition coefficient (Wildman–Crippen LogP) is 12.2. The van der Waals surface area contributed by atoms with Gasteiger partial charge in [0.2, 0.25) is 0 Å². The summed E-state index contributed by atoms with van der Waals surface area (Å²) < 4.78 is 22.6. The second kappa shape index (κ2) is 37.9. The summed E-state index contributed by atoms with van der Waals surface area (Å²) in [5.74, 6) is 7.27. The van der Waals surface area contributed by atoms with Crippen LogP contribution in [0.25, 0.3) is 0 Å². The summed E-state index contributed by atoms with van der Waals surface area (Å²) in [6, 6.07) is 5.73. The lowest BCUT2D eigenvalue weighted by Gasteiger charge is -2.15. The van der Waals surface area contributed by atoms with Crippen LogP contribution >= 0.6 is 0 Å². The molecule has 7 heteroatoms. The van der Waals surface area contributed by atoms with E-state index in [4.69, 9.17) is 18.9 Å². The Kier molecular flexibility index (Phi) is 33.8. The first-order valence-electron chi connectivity index (χ1n) is 21.5. The number of unbranched alkanes of at least 4 members (excludes halogenated alkanes) is 10. The molecule has 0 bridgehead atoms. The number of rotatable bonds is 34. The van der Waals surface area contributed by atoms with Crippen molar-refractivity contribution in [2.75, 3.05) is 40.5 Å². The molecule has 0 N–H and O–H groups in total. The van der Waals surface area contributed by atoms with Crippen LogP contribution in [0.4, 0.5) is 0 Å². The van der Waals surface area contributed by atoms with Crippen LogP contribution in [0.3, 0.4) is 0 Å². The first-order valence-corrected chi connectivity index (χ1v) is 21.5. The van der Waals surface area contributed by atoms with E-state index in [9.17, 15) is 9.59 Å². The Hall–Kier alpha value is -4.02. The van der Waals surface area contributed by atoms with Crippen LogP contribution in [-0.2, 0) is 25.6 Å². The molecule has 0 aliphatic rings. The van der Waals surface area contributed by atoms with Crippen molar-refractivity contribution in [1.29, 1.82) is 0 Å². The highest BCUT2D eigenvalue weighted by atomic mass is 16.6. The molecular weight excluding hydrogens is 699 g/mol. The standard InChI is InChI=1S/C49H75NO6/c1-5-7-9-11-13-15-17-19-21-23-25-27-29-31-33-35-48(51)55-39-37-53-46-41-45(44-50(3)4)42-47(43-46)54-38-40-56-49(52)36-34-32-30-28-26-24-22-20-18-16-14-12-10-8-6-2/h7,9,13-16,20,22,29,31,41-43H,5-6,8,10-12,17-18,23-28,30,32-40,44H2,1-4H3/b9-7+,15-13-,16-14-,22-20-,31-29+. The Bertz CT molecular complexity index is 1350. The van der Waals surface area contributed by atoms with E-state index in [1.165, 1.54) is 38.5 Å². The number of nitrogens with zero attached hydrogens (tertiary/aromatic N) is 1. The molecule has 0 aliphatic heterocycles. The number of hydrogen-bond donors (Lipinski definition) is 0. The zero-order valence-electron chi connectivity index (χ0n) is 35.6. The molecule has 0 atom stereocenters. The van der Waals surface area contributed by atoms with Crippen molar-refractivity contribution in [3.63, 3.8) is 0 Å². The highest BCUT2D eigenvalue weighted by molar-refractivity contribution is 5.69. The minimum atomic E-state index is -0.238. The molecule has 0 aliphatic carbocycles. The largest absolute Gasteiger partial charge is 0.490 e. The summed E-state index contributed by atoms with van der Waals surface area (Å²) in [7, 11) is 4.00. The number of allylic oxidation sites excluding steroid dienone is 10.